The Balaban J connectivity index is 1.34. The Labute approximate surface area is 236 Å². The number of carbonyl (C=O) groups excluding carboxylic acids is 2. The number of carbonyl (C=O) groups is 2. The summed E-state index contributed by atoms with van der Waals surface area (Å²) < 4.78 is 23.1. The van der Waals surface area contributed by atoms with Crippen molar-refractivity contribution in [2.24, 2.45) is 17.8 Å². The van der Waals surface area contributed by atoms with Crippen molar-refractivity contribution in [3.05, 3.63) is 66.3 Å². The van der Waals surface area contributed by atoms with E-state index in [9.17, 15) is 35.1 Å². The SMILES string of the molecule is C=C1C(=O)OC2C1CCC(=C)C1CC(OC3OC(CO)C(O)C(O)C3OC(=O)C=Cc3ccc(O)c(O)c3)C(=C)C12. The molecule has 1 aromatic carbocycles. The summed E-state index contributed by atoms with van der Waals surface area (Å²) in [7, 11) is 0. The first-order chi connectivity index (χ1) is 19.5. The molecule has 0 amide bonds. The maximum absolute atomic E-state index is 12.7. The first kappa shape index (κ1) is 29.0. The highest BCUT2D eigenvalue weighted by Gasteiger charge is 2.55. The van der Waals surface area contributed by atoms with E-state index in [2.05, 4.69) is 19.7 Å². The van der Waals surface area contributed by atoms with E-state index in [0.717, 1.165) is 11.6 Å². The number of aromatic hydroxyl groups is 2. The third-order valence-corrected chi connectivity index (χ3v) is 8.53. The van der Waals surface area contributed by atoms with Crippen molar-refractivity contribution in [1.29, 1.82) is 0 Å². The lowest BCUT2D eigenvalue weighted by atomic mass is 9.82. The van der Waals surface area contributed by atoms with Gasteiger partial charge in [-0.05, 0) is 54.5 Å². The highest BCUT2D eigenvalue weighted by Crippen LogP contribution is 2.53. The number of aliphatic hydroxyl groups excluding tert-OH is 3. The van der Waals surface area contributed by atoms with Crippen LogP contribution in [-0.2, 0) is 28.5 Å². The third-order valence-electron chi connectivity index (χ3n) is 8.53. The quantitative estimate of drug-likeness (QED) is 0.145. The Hall–Kier alpha value is -3.48. The van der Waals surface area contributed by atoms with Crippen molar-refractivity contribution >= 4 is 18.0 Å². The fourth-order valence-corrected chi connectivity index (χ4v) is 6.26. The van der Waals surface area contributed by atoms with Crippen LogP contribution in [0, 0.1) is 17.8 Å². The van der Waals surface area contributed by atoms with Crippen molar-refractivity contribution in [3.63, 3.8) is 0 Å². The second-order valence-corrected chi connectivity index (χ2v) is 11.0. The first-order valence-electron chi connectivity index (χ1n) is 13.4. The number of rotatable bonds is 6. The van der Waals surface area contributed by atoms with Crippen LogP contribution in [-0.4, -0.2) is 87.0 Å². The number of phenols is 2. The first-order valence-corrected chi connectivity index (χ1v) is 13.4. The second-order valence-electron chi connectivity index (χ2n) is 11.0. The summed E-state index contributed by atoms with van der Waals surface area (Å²) in [5.41, 5.74) is 2.43. The molecule has 2 aliphatic carbocycles. The lowest BCUT2D eigenvalue weighted by Crippen LogP contribution is -2.60. The minimum atomic E-state index is -1.65. The highest BCUT2D eigenvalue weighted by atomic mass is 16.7. The van der Waals surface area contributed by atoms with Gasteiger partial charge in [-0.2, -0.15) is 0 Å². The Morgan fingerprint density at radius 1 is 1.10 bits per heavy atom. The van der Waals surface area contributed by atoms with Crippen LogP contribution >= 0.6 is 0 Å². The van der Waals surface area contributed by atoms with Crippen molar-refractivity contribution in [2.45, 2.75) is 62.2 Å². The van der Waals surface area contributed by atoms with Gasteiger partial charge in [0, 0.05) is 23.5 Å². The van der Waals surface area contributed by atoms with Crippen molar-refractivity contribution in [3.8, 4) is 11.5 Å². The normalized spacial score (nSPS) is 37.0. The van der Waals surface area contributed by atoms with Crippen LogP contribution in [0.25, 0.3) is 6.08 Å². The summed E-state index contributed by atoms with van der Waals surface area (Å²) in [6.07, 6.45) is -4.22. The molecule has 4 fully saturated rings. The van der Waals surface area contributed by atoms with Gasteiger partial charge in [-0.3, -0.25) is 0 Å². The molecule has 1 aromatic rings. The number of ether oxygens (including phenoxy) is 4. The molecule has 4 aliphatic rings. The van der Waals surface area contributed by atoms with E-state index in [1.807, 2.05) is 0 Å². The third kappa shape index (κ3) is 5.43. The molecule has 2 saturated heterocycles. The van der Waals surface area contributed by atoms with Gasteiger partial charge in [-0.25, -0.2) is 9.59 Å². The van der Waals surface area contributed by atoms with Crippen LogP contribution < -0.4 is 0 Å². The van der Waals surface area contributed by atoms with E-state index in [4.69, 9.17) is 18.9 Å². The minimum absolute atomic E-state index is 0.0976. The number of hydrogen-bond donors (Lipinski definition) is 5. The summed E-state index contributed by atoms with van der Waals surface area (Å²) in [6, 6.07) is 3.95. The van der Waals surface area contributed by atoms with Gasteiger partial charge in [0.15, 0.2) is 23.9 Å². The van der Waals surface area contributed by atoms with Crippen LogP contribution in [0.1, 0.15) is 24.8 Å². The predicted molar refractivity (Wildman–Crippen MR) is 143 cm³/mol. The van der Waals surface area contributed by atoms with Crippen LogP contribution in [0.3, 0.4) is 0 Å². The summed E-state index contributed by atoms with van der Waals surface area (Å²) in [6.45, 7) is 11.8. The van der Waals surface area contributed by atoms with E-state index in [-0.39, 0.29) is 29.3 Å². The van der Waals surface area contributed by atoms with Crippen LogP contribution in [0.15, 0.2) is 60.7 Å². The molecule has 5 N–H and O–H groups in total. The van der Waals surface area contributed by atoms with E-state index < -0.39 is 61.5 Å². The molecule has 2 heterocycles. The van der Waals surface area contributed by atoms with Gasteiger partial charge < -0.3 is 44.5 Å². The molecule has 5 rings (SSSR count). The number of benzene rings is 1. The zero-order valence-corrected chi connectivity index (χ0v) is 22.3. The van der Waals surface area contributed by atoms with Crippen molar-refractivity contribution in [1.82, 2.24) is 0 Å². The molecule has 11 nitrogen and oxygen atoms in total. The van der Waals surface area contributed by atoms with Gasteiger partial charge in [-0.15, -0.1) is 0 Å². The maximum Gasteiger partial charge on any atom is 0.334 e. The van der Waals surface area contributed by atoms with Crippen LogP contribution in [0.2, 0.25) is 0 Å². The fraction of sp³-hybridized carbons (Fsp3) is 0.467. The molecule has 0 aromatic heterocycles. The Morgan fingerprint density at radius 3 is 2.56 bits per heavy atom. The van der Waals surface area contributed by atoms with E-state index in [0.29, 0.717) is 36.0 Å². The fourth-order valence-electron chi connectivity index (χ4n) is 6.26. The zero-order chi connectivity index (χ0) is 29.6. The monoisotopic (exact) mass is 570 g/mol. The lowest BCUT2D eigenvalue weighted by Gasteiger charge is -2.42. The number of allylic oxidation sites excluding steroid dienone is 1. The number of phenolic OH excluding ortho intramolecular Hbond substituents is 2. The smallest absolute Gasteiger partial charge is 0.334 e. The molecule has 11 heteroatoms. The van der Waals surface area contributed by atoms with Crippen LogP contribution in [0.5, 0.6) is 11.5 Å². The van der Waals surface area contributed by atoms with Crippen LogP contribution in [0.4, 0.5) is 0 Å². The maximum atomic E-state index is 12.7. The molecular weight excluding hydrogens is 536 g/mol. The Kier molecular flexibility index (Phi) is 8.09. The van der Waals surface area contributed by atoms with Crippen molar-refractivity contribution < 1.29 is 54.1 Å². The molecule has 0 bridgehead atoms. The van der Waals surface area contributed by atoms with Gasteiger partial charge in [0.05, 0.1) is 12.7 Å². The highest BCUT2D eigenvalue weighted by molar-refractivity contribution is 5.91. The molecule has 220 valence electrons. The summed E-state index contributed by atoms with van der Waals surface area (Å²) in [4.78, 5) is 25.0. The summed E-state index contributed by atoms with van der Waals surface area (Å²) in [5, 5.41) is 50.1. The second kappa shape index (κ2) is 11.4. The topological polar surface area (TPSA) is 172 Å². The molecule has 41 heavy (non-hydrogen) atoms. The molecule has 2 aliphatic heterocycles. The number of esters is 2. The zero-order valence-electron chi connectivity index (χ0n) is 22.3. The largest absolute Gasteiger partial charge is 0.504 e. The number of hydrogen-bond acceptors (Lipinski definition) is 11. The minimum Gasteiger partial charge on any atom is -0.504 e. The van der Waals surface area contributed by atoms with E-state index >= 15 is 0 Å². The average molecular weight is 571 g/mol. The summed E-state index contributed by atoms with van der Waals surface area (Å²) >= 11 is 0. The van der Waals surface area contributed by atoms with Gasteiger partial charge in [0.2, 0.25) is 0 Å². The number of aliphatic hydroxyl groups is 3. The molecule has 2 saturated carbocycles. The van der Waals surface area contributed by atoms with Crippen molar-refractivity contribution in [2.75, 3.05) is 6.61 Å². The van der Waals surface area contributed by atoms with E-state index in [1.165, 1.54) is 24.3 Å². The standard InChI is InChI=1S/C30H34O11/c1-13-4-7-17-14(2)29(37)41-27(17)24-15(3)21(11-18(13)24)38-30-28(26(36)25(35)22(12-31)39-30)40-23(34)9-6-16-5-8-19(32)20(33)10-16/h5-6,8-10,17-18,21-22,24-28,30-33,35-36H,1-4,7,11-12H2. The molecule has 0 spiro atoms. The predicted octanol–water partition coefficient (Wildman–Crippen LogP) is 1.49. The number of fused-ring (bicyclic) bond motifs is 3. The molecule has 0 radical (unpaired) electrons. The van der Waals surface area contributed by atoms with Gasteiger partial charge >= 0.3 is 11.9 Å². The Bertz CT molecular complexity index is 1280. The Morgan fingerprint density at radius 2 is 1.85 bits per heavy atom. The van der Waals surface area contributed by atoms with Gasteiger partial charge in [-0.1, -0.05) is 31.4 Å². The summed E-state index contributed by atoms with van der Waals surface area (Å²) in [5.74, 6) is -2.56. The average Bonchev–Trinajstić information content (AvgIpc) is 3.36. The lowest BCUT2D eigenvalue weighted by molar-refractivity contribution is -0.310. The van der Waals surface area contributed by atoms with Gasteiger partial charge in [0.25, 0.3) is 0 Å². The van der Waals surface area contributed by atoms with E-state index in [1.54, 1.807) is 0 Å². The molecular formula is C30H34O11. The van der Waals surface area contributed by atoms with Gasteiger partial charge in [0.1, 0.15) is 24.4 Å². The molecule has 10 atom stereocenters. The molecule has 10 unspecified atom stereocenters.